The molecular weight excluding hydrogens is 230 g/mol. The Morgan fingerprint density at radius 3 is 2.50 bits per heavy atom. The predicted molar refractivity (Wildman–Crippen MR) is 70.3 cm³/mol. The molecule has 0 fully saturated rings. The molecule has 0 bridgehead atoms. The second kappa shape index (κ2) is 6.76. The number of carbonyl (C=O) groups is 2. The van der Waals surface area contributed by atoms with Gasteiger partial charge in [-0.25, -0.2) is 0 Å². The normalized spacial score (nSPS) is 9.94. The number of aryl methyl sites for hydroxylation is 1. The van der Waals surface area contributed by atoms with E-state index >= 15 is 0 Å². The number of hydrogen-bond donors (Lipinski definition) is 3. The lowest BCUT2D eigenvalue weighted by molar-refractivity contribution is -0.632. The molecule has 0 saturated carbocycles. The summed E-state index contributed by atoms with van der Waals surface area (Å²) in [7, 11) is 1.58. The van der Waals surface area contributed by atoms with Crippen LogP contribution in [0, 0.1) is 13.8 Å². The molecule has 1 rings (SSSR count). The molecule has 0 unspecified atom stereocenters. The van der Waals surface area contributed by atoms with Crippen LogP contribution in [0.5, 0.6) is 0 Å². The number of rotatable bonds is 5. The van der Waals surface area contributed by atoms with Crippen molar-refractivity contribution in [3.8, 4) is 0 Å². The summed E-state index contributed by atoms with van der Waals surface area (Å²) in [5, 5.41) is 7.01. The van der Waals surface area contributed by atoms with Crippen LogP contribution < -0.4 is 16.0 Å². The third-order valence-electron chi connectivity index (χ3n) is 2.82. The molecule has 5 nitrogen and oxygen atoms in total. The zero-order valence-corrected chi connectivity index (χ0v) is 11.0. The van der Waals surface area contributed by atoms with E-state index in [1.165, 1.54) is 0 Å². The van der Waals surface area contributed by atoms with Gasteiger partial charge in [-0.1, -0.05) is 12.1 Å². The maximum absolute atomic E-state index is 11.7. The lowest BCUT2D eigenvalue weighted by atomic mass is 10.1. The molecule has 1 aromatic rings. The standard InChI is InChI=1S/C13H19N3O2/c1-9-5-4-6-11(10(9)2)16-13(18)8-15-7-12(17)14-3/h4-6,15H,7-8H2,1-3H3,(H,14,17)(H,16,18)/p+1. The molecule has 18 heavy (non-hydrogen) atoms. The molecule has 0 aromatic heterocycles. The predicted octanol–water partition coefficient (Wildman–Crippen LogP) is -0.449. The third kappa shape index (κ3) is 4.18. The van der Waals surface area contributed by atoms with E-state index in [4.69, 9.17) is 0 Å². The average molecular weight is 250 g/mol. The smallest absolute Gasteiger partial charge is 0.279 e. The summed E-state index contributed by atoms with van der Waals surface area (Å²) >= 11 is 0. The van der Waals surface area contributed by atoms with Crippen molar-refractivity contribution in [1.29, 1.82) is 0 Å². The number of likely N-dealkylation sites (N-methyl/N-ethyl adjacent to an activating group) is 1. The number of quaternary nitrogens is 1. The van der Waals surface area contributed by atoms with Gasteiger partial charge in [0.25, 0.3) is 11.8 Å². The van der Waals surface area contributed by atoms with Gasteiger partial charge in [0.1, 0.15) is 0 Å². The van der Waals surface area contributed by atoms with E-state index in [2.05, 4.69) is 10.6 Å². The van der Waals surface area contributed by atoms with E-state index in [1.807, 2.05) is 32.0 Å². The van der Waals surface area contributed by atoms with Crippen LogP contribution in [0.3, 0.4) is 0 Å². The average Bonchev–Trinajstić information content (AvgIpc) is 2.34. The number of anilines is 1. The first kappa shape index (κ1) is 14.2. The van der Waals surface area contributed by atoms with Crippen LogP contribution in [-0.4, -0.2) is 32.0 Å². The van der Waals surface area contributed by atoms with Gasteiger partial charge < -0.3 is 16.0 Å². The van der Waals surface area contributed by atoms with Crippen LogP contribution >= 0.6 is 0 Å². The van der Waals surface area contributed by atoms with Crippen LogP contribution in [0.4, 0.5) is 5.69 Å². The monoisotopic (exact) mass is 250 g/mol. The van der Waals surface area contributed by atoms with Crippen LogP contribution in [-0.2, 0) is 9.59 Å². The zero-order chi connectivity index (χ0) is 13.5. The molecule has 0 heterocycles. The van der Waals surface area contributed by atoms with E-state index in [1.54, 1.807) is 12.4 Å². The summed E-state index contributed by atoms with van der Waals surface area (Å²) < 4.78 is 0. The molecule has 5 heteroatoms. The third-order valence-corrected chi connectivity index (χ3v) is 2.82. The van der Waals surface area contributed by atoms with Crippen molar-refractivity contribution in [2.24, 2.45) is 0 Å². The summed E-state index contributed by atoms with van der Waals surface area (Å²) in [6.45, 7) is 4.47. The Kier molecular flexibility index (Phi) is 5.32. The van der Waals surface area contributed by atoms with E-state index < -0.39 is 0 Å². The number of hydrogen-bond acceptors (Lipinski definition) is 2. The second-order valence-corrected chi connectivity index (χ2v) is 4.17. The molecule has 1 aromatic carbocycles. The van der Waals surface area contributed by atoms with Gasteiger partial charge in [0.15, 0.2) is 13.1 Å². The van der Waals surface area contributed by atoms with Crippen molar-refractivity contribution in [3.05, 3.63) is 29.3 Å². The number of carbonyl (C=O) groups excluding carboxylic acids is 2. The van der Waals surface area contributed by atoms with Gasteiger partial charge in [0.05, 0.1) is 0 Å². The summed E-state index contributed by atoms with van der Waals surface area (Å²) in [4.78, 5) is 22.6. The second-order valence-electron chi connectivity index (χ2n) is 4.17. The van der Waals surface area contributed by atoms with Gasteiger partial charge in [-0.3, -0.25) is 9.59 Å². The van der Waals surface area contributed by atoms with Gasteiger partial charge >= 0.3 is 0 Å². The van der Waals surface area contributed by atoms with Crippen molar-refractivity contribution in [2.45, 2.75) is 13.8 Å². The highest BCUT2D eigenvalue weighted by Gasteiger charge is 2.08. The Morgan fingerprint density at radius 2 is 1.83 bits per heavy atom. The number of amides is 2. The zero-order valence-electron chi connectivity index (χ0n) is 11.0. The molecule has 0 aliphatic carbocycles. The number of nitrogens with two attached hydrogens (primary N) is 1. The van der Waals surface area contributed by atoms with Crippen molar-refractivity contribution in [1.82, 2.24) is 5.32 Å². The molecule has 98 valence electrons. The fraction of sp³-hybridized carbons (Fsp3) is 0.385. The summed E-state index contributed by atoms with van der Waals surface area (Å²) in [6.07, 6.45) is 0. The van der Waals surface area contributed by atoms with Crippen molar-refractivity contribution in [2.75, 3.05) is 25.5 Å². The summed E-state index contributed by atoms with van der Waals surface area (Å²) in [6, 6.07) is 5.79. The van der Waals surface area contributed by atoms with Crippen molar-refractivity contribution < 1.29 is 14.9 Å². The SMILES string of the molecule is CNC(=O)C[NH2+]CC(=O)Nc1cccc(C)c1C. The van der Waals surface area contributed by atoms with Crippen LogP contribution in [0.25, 0.3) is 0 Å². The van der Waals surface area contributed by atoms with Crippen LogP contribution in [0.15, 0.2) is 18.2 Å². The highest BCUT2D eigenvalue weighted by Crippen LogP contribution is 2.17. The molecular formula is C13H20N3O2+. The Morgan fingerprint density at radius 1 is 1.17 bits per heavy atom. The molecule has 2 amide bonds. The topological polar surface area (TPSA) is 74.8 Å². The van der Waals surface area contributed by atoms with E-state index in [0.717, 1.165) is 16.8 Å². The van der Waals surface area contributed by atoms with Crippen molar-refractivity contribution >= 4 is 17.5 Å². The molecule has 0 radical (unpaired) electrons. The number of benzene rings is 1. The Bertz CT molecular complexity index is 444. The van der Waals surface area contributed by atoms with E-state index in [0.29, 0.717) is 0 Å². The lowest BCUT2D eigenvalue weighted by Crippen LogP contribution is -2.88. The fourth-order valence-corrected chi connectivity index (χ4v) is 1.52. The van der Waals surface area contributed by atoms with Crippen molar-refractivity contribution in [3.63, 3.8) is 0 Å². The molecule has 4 N–H and O–H groups in total. The minimum absolute atomic E-state index is 0.0884. The van der Waals surface area contributed by atoms with E-state index in [-0.39, 0.29) is 24.9 Å². The van der Waals surface area contributed by atoms with Gasteiger partial charge in [-0.05, 0) is 31.0 Å². The highest BCUT2D eigenvalue weighted by molar-refractivity contribution is 5.92. The minimum Gasteiger partial charge on any atom is -0.354 e. The summed E-state index contributed by atoms with van der Waals surface area (Å²) in [5.74, 6) is -0.192. The van der Waals surface area contributed by atoms with Gasteiger partial charge in [0.2, 0.25) is 0 Å². The molecule has 0 spiro atoms. The number of nitrogens with one attached hydrogen (secondary N) is 2. The molecule has 0 aliphatic rings. The summed E-state index contributed by atoms with van der Waals surface area (Å²) in [5.41, 5.74) is 3.03. The van der Waals surface area contributed by atoms with Crippen LogP contribution in [0.2, 0.25) is 0 Å². The highest BCUT2D eigenvalue weighted by atomic mass is 16.2. The molecule has 0 atom stereocenters. The first-order chi connectivity index (χ1) is 8.54. The van der Waals surface area contributed by atoms with Gasteiger partial charge in [-0.2, -0.15) is 0 Å². The van der Waals surface area contributed by atoms with Gasteiger partial charge in [0, 0.05) is 12.7 Å². The van der Waals surface area contributed by atoms with E-state index in [9.17, 15) is 9.59 Å². The van der Waals surface area contributed by atoms with Gasteiger partial charge in [-0.15, -0.1) is 0 Å². The Labute approximate surface area is 107 Å². The quantitative estimate of drug-likeness (QED) is 0.662. The Balaban J connectivity index is 2.45. The molecule has 0 saturated heterocycles. The maximum atomic E-state index is 11.7. The Hall–Kier alpha value is -1.88. The first-order valence-electron chi connectivity index (χ1n) is 5.93. The minimum atomic E-state index is -0.104. The lowest BCUT2D eigenvalue weighted by Gasteiger charge is -2.09. The van der Waals surface area contributed by atoms with Crippen LogP contribution in [0.1, 0.15) is 11.1 Å². The largest absolute Gasteiger partial charge is 0.354 e. The molecule has 0 aliphatic heterocycles. The first-order valence-corrected chi connectivity index (χ1v) is 5.93. The fourth-order valence-electron chi connectivity index (χ4n) is 1.52. The maximum Gasteiger partial charge on any atom is 0.279 e.